The molecule has 98 valence electrons. The van der Waals surface area contributed by atoms with Crippen molar-refractivity contribution in [2.75, 3.05) is 11.1 Å². The number of carbonyl (C=O) groups excluding carboxylic acids is 1. The average Bonchev–Trinajstić information content (AvgIpc) is 2.36. The molecule has 4 N–H and O–H groups in total. The first-order valence-corrected chi connectivity index (χ1v) is 6.09. The largest absolute Gasteiger partial charge is 0.399 e. The van der Waals surface area contributed by atoms with E-state index in [1.807, 2.05) is 55.5 Å². The Morgan fingerprint density at radius 1 is 1.16 bits per heavy atom. The van der Waals surface area contributed by atoms with Gasteiger partial charge in [-0.25, -0.2) is 4.79 Å². The molecule has 0 bridgehead atoms. The molecule has 0 spiro atoms. The predicted octanol–water partition coefficient (Wildman–Crippen LogP) is 2.90. The maximum atomic E-state index is 11.7. The molecule has 0 unspecified atom stereocenters. The first-order chi connectivity index (χ1) is 9.13. The van der Waals surface area contributed by atoms with Crippen molar-refractivity contribution in [2.24, 2.45) is 0 Å². The standard InChI is InChI=1S/C15H17N3O/c1-11-4-2-7-14(8-11)18-15(19)17-10-12-5-3-6-13(16)9-12/h2-9H,10,16H2,1H3,(H2,17,18,19). The van der Waals surface area contributed by atoms with Gasteiger partial charge in [-0.1, -0.05) is 24.3 Å². The van der Waals surface area contributed by atoms with E-state index in [-0.39, 0.29) is 6.03 Å². The Kier molecular flexibility index (Phi) is 4.03. The first-order valence-electron chi connectivity index (χ1n) is 6.09. The highest BCUT2D eigenvalue weighted by Crippen LogP contribution is 2.09. The van der Waals surface area contributed by atoms with Crippen LogP contribution in [0, 0.1) is 6.92 Å². The van der Waals surface area contributed by atoms with Crippen molar-refractivity contribution < 1.29 is 4.79 Å². The Morgan fingerprint density at radius 2 is 1.95 bits per heavy atom. The number of benzene rings is 2. The van der Waals surface area contributed by atoms with Crippen LogP contribution in [0.3, 0.4) is 0 Å². The van der Waals surface area contributed by atoms with Gasteiger partial charge in [0, 0.05) is 17.9 Å². The highest BCUT2D eigenvalue weighted by atomic mass is 16.2. The van der Waals surface area contributed by atoms with E-state index < -0.39 is 0 Å². The summed E-state index contributed by atoms with van der Waals surface area (Å²) < 4.78 is 0. The molecule has 19 heavy (non-hydrogen) atoms. The Labute approximate surface area is 112 Å². The molecule has 0 radical (unpaired) electrons. The third-order valence-corrected chi connectivity index (χ3v) is 2.68. The Balaban J connectivity index is 1.88. The average molecular weight is 255 g/mol. The van der Waals surface area contributed by atoms with Gasteiger partial charge in [0.15, 0.2) is 0 Å². The number of hydrogen-bond donors (Lipinski definition) is 3. The van der Waals surface area contributed by atoms with Crippen molar-refractivity contribution in [3.05, 3.63) is 59.7 Å². The van der Waals surface area contributed by atoms with E-state index in [1.54, 1.807) is 0 Å². The number of hydrogen-bond acceptors (Lipinski definition) is 2. The van der Waals surface area contributed by atoms with Crippen molar-refractivity contribution in [1.82, 2.24) is 5.32 Å². The van der Waals surface area contributed by atoms with Gasteiger partial charge in [-0.05, 0) is 42.3 Å². The molecule has 0 heterocycles. The molecular formula is C15H17N3O. The van der Waals surface area contributed by atoms with E-state index in [1.165, 1.54) is 0 Å². The zero-order chi connectivity index (χ0) is 13.7. The highest BCUT2D eigenvalue weighted by Gasteiger charge is 2.01. The summed E-state index contributed by atoms with van der Waals surface area (Å²) in [6.45, 7) is 2.43. The number of nitrogen functional groups attached to an aromatic ring is 1. The smallest absolute Gasteiger partial charge is 0.319 e. The van der Waals surface area contributed by atoms with Gasteiger partial charge < -0.3 is 16.4 Å². The van der Waals surface area contributed by atoms with Crippen LogP contribution >= 0.6 is 0 Å². The second kappa shape index (κ2) is 5.91. The van der Waals surface area contributed by atoms with E-state index in [4.69, 9.17) is 5.73 Å². The number of nitrogens with one attached hydrogen (secondary N) is 2. The van der Waals surface area contributed by atoms with Crippen LogP contribution in [-0.4, -0.2) is 6.03 Å². The molecule has 2 aromatic carbocycles. The summed E-state index contributed by atoms with van der Waals surface area (Å²) >= 11 is 0. The number of carbonyl (C=O) groups is 1. The number of rotatable bonds is 3. The van der Waals surface area contributed by atoms with E-state index in [0.717, 1.165) is 16.8 Å². The van der Waals surface area contributed by atoms with E-state index in [2.05, 4.69) is 10.6 Å². The molecule has 0 aliphatic heterocycles. The minimum Gasteiger partial charge on any atom is -0.399 e. The third-order valence-electron chi connectivity index (χ3n) is 2.68. The molecule has 0 aromatic heterocycles. The summed E-state index contributed by atoms with van der Waals surface area (Å²) in [7, 11) is 0. The fourth-order valence-electron chi connectivity index (χ4n) is 1.78. The second-order valence-corrected chi connectivity index (χ2v) is 4.42. The predicted molar refractivity (Wildman–Crippen MR) is 77.9 cm³/mol. The van der Waals surface area contributed by atoms with Crippen LogP contribution in [0.1, 0.15) is 11.1 Å². The molecule has 2 amide bonds. The molecule has 0 saturated carbocycles. The molecule has 0 aliphatic carbocycles. The fraction of sp³-hybridized carbons (Fsp3) is 0.133. The SMILES string of the molecule is Cc1cccc(NC(=O)NCc2cccc(N)c2)c1. The first kappa shape index (κ1) is 13.0. The highest BCUT2D eigenvalue weighted by molar-refractivity contribution is 5.89. The van der Waals surface area contributed by atoms with Crippen LogP contribution in [0.15, 0.2) is 48.5 Å². The number of anilines is 2. The van der Waals surface area contributed by atoms with Crippen LogP contribution in [0.25, 0.3) is 0 Å². The van der Waals surface area contributed by atoms with Gasteiger partial charge in [-0.2, -0.15) is 0 Å². The minimum atomic E-state index is -0.229. The van der Waals surface area contributed by atoms with Gasteiger partial charge in [0.05, 0.1) is 0 Å². The zero-order valence-electron chi connectivity index (χ0n) is 10.8. The molecule has 4 heteroatoms. The molecule has 0 saturated heterocycles. The van der Waals surface area contributed by atoms with Crippen molar-refractivity contribution in [1.29, 1.82) is 0 Å². The summed E-state index contributed by atoms with van der Waals surface area (Å²) in [5.74, 6) is 0. The molecular weight excluding hydrogens is 238 g/mol. The Bertz CT molecular complexity index is 581. The maximum Gasteiger partial charge on any atom is 0.319 e. The van der Waals surface area contributed by atoms with E-state index in [9.17, 15) is 4.79 Å². The molecule has 2 rings (SSSR count). The van der Waals surface area contributed by atoms with Crippen LogP contribution < -0.4 is 16.4 Å². The summed E-state index contributed by atoms with van der Waals surface area (Å²) in [6.07, 6.45) is 0. The number of aryl methyl sites for hydroxylation is 1. The van der Waals surface area contributed by atoms with Gasteiger partial charge >= 0.3 is 6.03 Å². The van der Waals surface area contributed by atoms with Crippen LogP contribution in [0.2, 0.25) is 0 Å². The van der Waals surface area contributed by atoms with Crippen molar-refractivity contribution in [3.63, 3.8) is 0 Å². The Morgan fingerprint density at radius 3 is 2.68 bits per heavy atom. The maximum absolute atomic E-state index is 11.7. The van der Waals surface area contributed by atoms with Gasteiger partial charge in [-0.15, -0.1) is 0 Å². The minimum absolute atomic E-state index is 0.229. The van der Waals surface area contributed by atoms with Crippen molar-refractivity contribution in [2.45, 2.75) is 13.5 Å². The fourth-order valence-corrected chi connectivity index (χ4v) is 1.78. The summed E-state index contributed by atoms with van der Waals surface area (Å²) in [5, 5.41) is 5.57. The number of nitrogens with two attached hydrogens (primary N) is 1. The lowest BCUT2D eigenvalue weighted by Crippen LogP contribution is -2.28. The van der Waals surface area contributed by atoms with Gasteiger partial charge in [-0.3, -0.25) is 0 Å². The van der Waals surface area contributed by atoms with E-state index in [0.29, 0.717) is 12.2 Å². The van der Waals surface area contributed by atoms with Gasteiger partial charge in [0.1, 0.15) is 0 Å². The van der Waals surface area contributed by atoms with Crippen molar-refractivity contribution >= 4 is 17.4 Å². The van der Waals surface area contributed by atoms with Crippen LogP contribution in [0.4, 0.5) is 16.2 Å². The second-order valence-electron chi connectivity index (χ2n) is 4.42. The number of amides is 2. The quantitative estimate of drug-likeness (QED) is 0.738. The summed E-state index contributed by atoms with van der Waals surface area (Å²) in [4.78, 5) is 11.7. The molecule has 0 aliphatic rings. The van der Waals surface area contributed by atoms with Crippen LogP contribution in [0.5, 0.6) is 0 Å². The third kappa shape index (κ3) is 4.03. The number of urea groups is 1. The zero-order valence-corrected chi connectivity index (χ0v) is 10.8. The van der Waals surface area contributed by atoms with Gasteiger partial charge in [0.25, 0.3) is 0 Å². The van der Waals surface area contributed by atoms with Crippen LogP contribution in [-0.2, 0) is 6.54 Å². The summed E-state index contributed by atoms with van der Waals surface area (Å²) in [6, 6.07) is 14.9. The monoisotopic (exact) mass is 255 g/mol. The van der Waals surface area contributed by atoms with E-state index >= 15 is 0 Å². The molecule has 0 atom stereocenters. The molecule has 0 fully saturated rings. The lowest BCUT2D eigenvalue weighted by Gasteiger charge is -2.08. The molecule has 4 nitrogen and oxygen atoms in total. The van der Waals surface area contributed by atoms with Crippen molar-refractivity contribution in [3.8, 4) is 0 Å². The van der Waals surface area contributed by atoms with Gasteiger partial charge in [0.2, 0.25) is 0 Å². The normalized spacial score (nSPS) is 9.95. The lowest BCUT2D eigenvalue weighted by atomic mass is 10.2. The lowest BCUT2D eigenvalue weighted by molar-refractivity contribution is 0.251. The summed E-state index contributed by atoms with van der Waals surface area (Å²) in [5.41, 5.74) is 9.23. The Hall–Kier alpha value is -2.49. The molecule has 2 aromatic rings. The topological polar surface area (TPSA) is 67.2 Å².